The number of nitrogens with zero attached hydrogens (tertiary/aromatic N) is 1. The highest BCUT2D eigenvalue weighted by Crippen LogP contribution is 2.22. The van der Waals surface area contributed by atoms with Gasteiger partial charge in [0.2, 0.25) is 0 Å². The normalized spacial score (nSPS) is 13.9. The minimum atomic E-state index is -1.10. The second kappa shape index (κ2) is 7.99. The van der Waals surface area contributed by atoms with Crippen LogP contribution >= 0.6 is 0 Å². The quantitative estimate of drug-likeness (QED) is 0.610. The zero-order valence-electron chi connectivity index (χ0n) is 15.0. The van der Waals surface area contributed by atoms with Crippen LogP contribution in [-0.2, 0) is 14.3 Å². The first-order valence-electron chi connectivity index (χ1n) is 8.58. The summed E-state index contributed by atoms with van der Waals surface area (Å²) in [5.41, 5.74) is 0.959. The number of imide groups is 1. The Morgan fingerprint density at radius 3 is 2.18 bits per heavy atom. The van der Waals surface area contributed by atoms with Crippen molar-refractivity contribution in [3.63, 3.8) is 0 Å². The van der Waals surface area contributed by atoms with E-state index in [9.17, 15) is 23.6 Å². The molecule has 0 saturated carbocycles. The zero-order chi connectivity index (χ0) is 20.3. The molecule has 7 nitrogen and oxygen atoms in total. The van der Waals surface area contributed by atoms with Gasteiger partial charge in [-0.2, -0.15) is 0 Å². The van der Waals surface area contributed by atoms with Crippen molar-refractivity contribution in [2.45, 2.75) is 19.4 Å². The van der Waals surface area contributed by atoms with Gasteiger partial charge in [0.25, 0.3) is 17.7 Å². The van der Waals surface area contributed by atoms with E-state index in [0.717, 1.165) is 4.90 Å². The minimum absolute atomic E-state index is 0.141. The van der Waals surface area contributed by atoms with E-state index in [1.54, 1.807) is 24.3 Å². The van der Waals surface area contributed by atoms with Crippen molar-refractivity contribution in [3.05, 3.63) is 65.5 Å². The van der Waals surface area contributed by atoms with Crippen molar-refractivity contribution in [2.24, 2.45) is 0 Å². The highest BCUT2D eigenvalue weighted by Gasteiger charge is 2.35. The van der Waals surface area contributed by atoms with Crippen LogP contribution in [0.5, 0.6) is 0 Å². The van der Waals surface area contributed by atoms with Crippen LogP contribution in [0.1, 0.15) is 34.1 Å². The van der Waals surface area contributed by atoms with Gasteiger partial charge >= 0.3 is 5.97 Å². The molecule has 2 aromatic carbocycles. The van der Waals surface area contributed by atoms with Crippen LogP contribution in [0.25, 0.3) is 0 Å². The third-order valence-electron chi connectivity index (χ3n) is 4.21. The lowest BCUT2D eigenvalue weighted by molar-refractivity contribution is -0.153. The second-order valence-corrected chi connectivity index (χ2v) is 6.19. The Labute approximate surface area is 160 Å². The highest BCUT2D eigenvalue weighted by molar-refractivity contribution is 6.21. The van der Waals surface area contributed by atoms with Gasteiger partial charge in [-0.1, -0.05) is 12.1 Å². The molecule has 0 spiro atoms. The maximum atomic E-state index is 12.9. The molecule has 3 amide bonds. The lowest BCUT2D eigenvalue weighted by Gasteiger charge is -2.16. The maximum absolute atomic E-state index is 12.9. The van der Waals surface area contributed by atoms with E-state index in [2.05, 4.69) is 5.32 Å². The molecule has 1 aliphatic rings. The SMILES string of the molecule is C[C@H](OC(=O)CCN1C(=O)c2ccccc2C1=O)C(=O)Nc1ccc(F)cc1. The molecule has 0 aliphatic carbocycles. The Balaban J connectivity index is 1.50. The van der Waals surface area contributed by atoms with Crippen LogP contribution in [0.15, 0.2) is 48.5 Å². The number of halogens is 1. The number of carbonyl (C=O) groups excluding carboxylic acids is 4. The van der Waals surface area contributed by atoms with E-state index in [0.29, 0.717) is 16.8 Å². The fourth-order valence-corrected chi connectivity index (χ4v) is 2.73. The van der Waals surface area contributed by atoms with Gasteiger partial charge in [0.15, 0.2) is 6.10 Å². The van der Waals surface area contributed by atoms with Crippen LogP contribution in [0.3, 0.4) is 0 Å². The molecule has 0 radical (unpaired) electrons. The molecule has 8 heteroatoms. The summed E-state index contributed by atoms with van der Waals surface area (Å²) in [6.45, 7) is 1.25. The number of ether oxygens (including phenoxy) is 1. The smallest absolute Gasteiger partial charge is 0.308 e. The molecule has 28 heavy (non-hydrogen) atoms. The topological polar surface area (TPSA) is 92.8 Å². The number of rotatable bonds is 6. The molecule has 1 heterocycles. The van der Waals surface area contributed by atoms with Crippen molar-refractivity contribution >= 4 is 29.4 Å². The third kappa shape index (κ3) is 4.06. The number of amides is 3. The molecular weight excluding hydrogens is 367 g/mol. The van der Waals surface area contributed by atoms with Crippen LogP contribution in [0.4, 0.5) is 10.1 Å². The van der Waals surface area contributed by atoms with Gasteiger partial charge < -0.3 is 10.1 Å². The van der Waals surface area contributed by atoms with Crippen LogP contribution in [-0.4, -0.2) is 41.2 Å². The molecule has 1 aliphatic heterocycles. The maximum Gasteiger partial charge on any atom is 0.308 e. The van der Waals surface area contributed by atoms with Gasteiger partial charge in [0.05, 0.1) is 17.5 Å². The molecule has 144 valence electrons. The number of hydrogen-bond acceptors (Lipinski definition) is 5. The van der Waals surface area contributed by atoms with Crippen LogP contribution < -0.4 is 5.32 Å². The fraction of sp³-hybridized carbons (Fsp3) is 0.200. The Hall–Kier alpha value is -3.55. The van der Waals surface area contributed by atoms with E-state index in [-0.39, 0.29) is 13.0 Å². The van der Waals surface area contributed by atoms with Gasteiger partial charge in [0, 0.05) is 12.2 Å². The van der Waals surface area contributed by atoms with Crippen molar-refractivity contribution in [1.29, 1.82) is 0 Å². The Morgan fingerprint density at radius 2 is 1.61 bits per heavy atom. The first-order chi connectivity index (χ1) is 13.4. The number of hydrogen-bond donors (Lipinski definition) is 1. The van der Waals surface area contributed by atoms with Crippen molar-refractivity contribution in [2.75, 3.05) is 11.9 Å². The molecule has 0 aromatic heterocycles. The predicted octanol–water partition coefficient (Wildman–Crippen LogP) is 2.38. The summed E-state index contributed by atoms with van der Waals surface area (Å²) >= 11 is 0. The number of carbonyl (C=O) groups is 4. The van der Waals surface area contributed by atoms with Crippen LogP contribution in [0.2, 0.25) is 0 Å². The van der Waals surface area contributed by atoms with Gasteiger partial charge in [0.1, 0.15) is 5.82 Å². The Kier molecular flexibility index (Phi) is 5.49. The molecule has 0 saturated heterocycles. The van der Waals surface area contributed by atoms with Crippen molar-refractivity contribution < 1.29 is 28.3 Å². The molecule has 3 rings (SSSR count). The average Bonchev–Trinajstić information content (AvgIpc) is 2.92. The van der Waals surface area contributed by atoms with Crippen molar-refractivity contribution in [3.8, 4) is 0 Å². The first kappa shape index (κ1) is 19.2. The molecular formula is C20H17FN2O5. The van der Waals surface area contributed by atoms with E-state index in [1.165, 1.54) is 31.2 Å². The summed E-state index contributed by atoms with van der Waals surface area (Å²) in [6, 6.07) is 11.6. The van der Waals surface area contributed by atoms with E-state index in [1.807, 2.05) is 0 Å². The number of fused-ring (bicyclic) bond motifs is 1. The number of anilines is 1. The van der Waals surface area contributed by atoms with Gasteiger partial charge in [-0.05, 0) is 43.3 Å². The van der Waals surface area contributed by atoms with Crippen molar-refractivity contribution in [1.82, 2.24) is 4.90 Å². The predicted molar refractivity (Wildman–Crippen MR) is 97.0 cm³/mol. The minimum Gasteiger partial charge on any atom is -0.452 e. The van der Waals surface area contributed by atoms with E-state index in [4.69, 9.17) is 4.74 Å². The standard InChI is InChI=1S/C20H17FN2O5/c1-12(18(25)22-14-8-6-13(21)7-9-14)28-17(24)10-11-23-19(26)15-4-2-3-5-16(15)20(23)27/h2-9,12H,10-11H2,1H3,(H,22,25)/t12-/m0/s1. The van der Waals surface area contributed by atoms with Crippen LogP contribution in [0, 0.1) is 5.82 Å². The summed E-state index contributed by atoms with van der Waals surface area (Å²) in [6.07, 6.45) is -1.33. The number of esters is 1. The molecule has 2 aromatic rings. The number of benzene rings is 2. The first-order valence-corrected chi connectivity index (χ1v) is 8.58. The largest absolute Gasteiger partial charge is 0.452 e. The summed E-state index contributed by atoms with van der Waals surface area (Å²) in [7, 11) is 0. The molecule has 0 fully saturated rings. The molecule has 1 N–H and O–H groups in total. The third-order valence-corrected chi connectivity index (χ3v) is 4.21. The second-order valence-electron chi connectivity index (χ2n) is 6.19. The lowest BCUT2D eigenvalue weighted by atomic mass is 10.1. The summed E-state index contributed by atoms with van der Waals surface area (Å²) in [4.78, 5) is 49.5. The lowest BCUT2D eigenvalue weighted by Crippen LogP contribution is -2.34. The van der Waals surface area contributed by atoms with Gasteiger partial charge in [-0.3, -0.25) is 24.1 Å². The summed E-state index contributed by atoms with van der Waals surface area (Å²) < 4.78 is 17.9. The molecule has 1 atom stereocenters. The van der Waals surface area contributed by atoms with E-state index < -0.39 is 35.6 Å². The summed E-state index contributed by atoms with van der Waals surface area (Å²) in [5, 5.41) is 2.50. The summed E-state index contributed by atoms with van der Waals surface area (Å²) in [5.74, 6) is -2.67. The highest BCUT2D eigenvalue weighted by atomic mass is 19.1. The Bertz CT molecular complexity index is 907. The fourth-order valence-electron chi connectivity index (χ4n) is 2.73. The monoisotopic (exact) mass is 384 g/mol. The van der Waals surface area contributed by atoms with E-state index >= 15 is 0 Å². The van der Waals surface area contributed by atoms with Gasteiger partial charge in [-0.15, -0.1) is 0 Å². The zero-order valence-corrected chi connectivity index (χ0v) is 15.0. The average molecular weight is 384 g/mol. The molecule has 0 unspecified atom stereocenters. The Morgan fingerprint density at radius 1 is 1.04 bits per heavy atom. The number of nitrogens with one attached hydrogen (secondary N) is 1. The van der Waals surface area contributed by atoms with Gasteiger partial charge in [-0.25, -0.2) is 4.39 Å². The molecule has 0 bridgehead atoms.